The van der Waals surface area contributed by atoms with Gasteiger partial charge in [-0.05, 0) is 34.6 Å². The molecule has 3 heteroatoms. The molecule has 70 valence electrons. The third kappa shape index (κ3) is 4.49. The Morgan fingerprint density at radius 3 is 2.00 bits per heavy atom. The van der Waals surface area contributed by atoms with E-state index in [4.69, 9.17) is 0 Å². The number of hydrogen-bond donors (Lipinski definition) is 0. The lowest BCUT2D eigenvalue weighted by Crippen LogP contribution is -2.44. The van der Waals surface area contributed by atoms with Crippen molar-refractivity contribution in [3.63, 3.8) is 0 Å². The fraction of sp³-hybridized carbons (Fsp3) is 0.556. The lowest BCUT2D eigenvalue weighted by Gasteiger charge is -2.25. The van der Waals surface area contributed by atoms with Crippen molar-refractivity contribution in [1.29, 1.82) is 0 Å². The van der Waals surface area contributed by atoms with Gasteiger partial charge >= 0.3 is 0 Å². The average Bonchev–Trinajstić information content (AvgIpc) is 1.96. The molecule has 0 fully saturated rings. The fourth-order valence-electron chi connectivity index (χ4n) is 1.10. The van der Waals surface area contributed by atoms with Crippen LogP contribution in [0.25, 0.3) is 0 Å². The van der Waals surface area contributed by atoms with E-state index in [-0.39, 0.29) is 0 Å². The fourth-order valence-corrected chi connectivity index (χ4v) is 3.12. The van der Waals surface area contributed by atoms with Crippen molar-refractivity contribution in [3.05, 3.63) is 24.4 Å². The first-order chi connectivity index (χ1) is 5.59. The summed E-state index contributed by atoms with van der Waals surface area (Å²) in [6.45, 7) is 3.68. The Balaban J connectivity index is 4.03. The molecule has 0 atom stereocenters. The van der Waals surface area contributed by atoms with Crippen LogP contribution >= 0.6 is 0 Å². The molecule has 0 aromatic carbocycles. The highest BCUT2D eigenvalue weighted by atomic mass is 28.3. The molecule has 0 unspecified atom stereocenters. The molecule has 2 nitrogen and oxygen atoms in total. The second kappa shape index (κ2) is 6.17. The normalized spacial score (nSPS) is 12.2. The molecule has 0 aliphatic heterocycles. The van der Waals surface area contributed by atoms with E-state index in [1.54, 1.807) is 0 Å². The summed E-state index contributed by atoms with van der Waals surface area (Å²) in [5.74, 6) is 0. The van der Waals surface area contributed by atoms with Crippen molar-refractivity contribution in [2.45, 2.75) is 6.42 Å². The second-order valence-corrected chi connectivity index (χ2v) is 6.57. The van der Waals surface area contributed by atoms with E-state index in [0.717, 1.165) is 6.42 Å². The molecule has 0 aromatic rings. The quantitative estimate of drug-likeness (QED) is 0.465. The van der Waals surface area contributed by atoms with Crippen LogP contribution in [0.5, 0.6) is 0 Å². The van der Waals surface area contributed by atoms with Crippen LogP contribution in [0.1, 0.15) is 6.42 Å². The van der Waals surface area contributed by atoms with Crippen molar-refractivity contribution >= 4 is 9.12 Å². The zero-order valence-electron chi connectivity index (χ0n) is 8.62. The molecular formula is C9H20N2Si. The molecule has 0 spiro atoms. The van der Waals surface area contributed by atoms with E-state index in [2.05, 4.69) is 55.7 Å². The van der Waals surface area contributed by atoms with Crippen LogP contribution in [0, 0.1) is 0 Å². The van der Waals surface area contributed by atoms with Crippen molar-refractivity contribution in [3.8, 4) is 0 Å². The van der Waals surface area contributed by atoms with Gasteiger partial charge < -0.3 is 9.13 Å². The summed E-state index contributed by atoms with van der Waals surface area (Å²) in [6.07, 6.45) is 5.10. The Morgan fingerprint density at radius 2 is 1.67 bits per heavy atom. The summed E-state index contributed by atoms with van der Waals surface area (Å²) in [5, 5.41) is 0. The SMILES string of the molecule is C=CCC=C[SiH](N(C)C)N(C)C. The van der Waals surface area contributed by atoms with Crippen LogP contribution in [-0.2, 0) is 0 Å². The molecule has 12 heavy (non-hydrogen) atoms. The molecular weight excluding hydrogens is 164 g/mol. The summed E-state index contributed by atoms with van der Waals surface area (Å²) in [5.41, 5.74) is 2.32. The molecule has 0 bridgehead atoms. The number of nitrogens with zero attached hydrogens (tertiary/aromatic N) is 2. The molecule has 0 aliphatic rings. The van der Waals surface area contributed by atoms with E-state index in [1.165, 1.54) is 0 Å². The van der Waals surface area contributed by atoms with Crippen molar-refractivity contribution in [1.82, 2.24) is 9.13 Å². The summed E-state index contributed by atoms with van der Waals surface area (Å²) in [7, 11) is 7.56. The molecule has 0 saturated heterocycles. The molecule has 0 aromatic heterocycles. The predicted molar refractivity (Wildman–Crippen MR) is 58.5 cm³/mol. The number of hydrogen-bond acceptors (Lipinski definition) is 2. The van der Waals surface area contributed by atoms with Crippen molar-refractivity contribution in [2.24, 2.45) is 0 Å². The maximum Gasteiger partial charge on any atom is 0.214 e. The van der Waals surface area contributed by atoms with Gasteiger partial charge in [0.25, 0.3) is 0 Å². The van der Waals surface area contributed by atoms with Gasteiger partial charge in [0, 0.05) is 0 Å². The van der Waals surface area contributed by atoms with E-state index in [0.29, 0.717) is 0 Å². The molecule has 0 amide bonds. The first kappa shape index (κ1) is 11.6. The van der Waals surface area contributed by atoms with Gasteiger partial charge in [-0.1, -0.05) is 17.9 Å². The molecule has 0 radical (unpaired) electrons. The number of rotatable bonds is 5. The molecule has 0 aliphatic carbocycles. The maximum atomic E-state index is 3.68. The van der Waals surface area contributed by atoms with Gasteiger partial charge in [0.2, 0.25) is 9.12 Å². The van der Waals surface area contributed by atoms with Crippen LogP contribution in [0.4, 0.5) is 0 Å². The van der Waals surface area contributed by atoms with E-state index in [1.807, 2.05) is 6.08 Å². The van der Waals surface area contributed by atoms with Gasteiger partial charge in [-0.3, -0.25) is 0 Å². The van der Waals surface area contributed by atoms with E-state index >= 15 is 0 Å². The first-order valence-corrected chi connectivity index (χ1v) is 5.90. The number of allylic oxidation sites excluding steroid dienone is 2. The highest BCUT2D eigenvalue weighted by Crippen LogP contribution is 1.95. The minimum atomic E-state index is -0.974. The van der Waals surface area contributed by atoms with Crippen LogP contribution < -0.4 is 0 Å². The monoisotopic (exact) mass is 184 g/mol. The molecule has 0 heterocycles. The van der Waals surface area contributed by atoms with Crippen molar-refractivity contribution in [2.75, 3.05) is 28.2 Å². The zero-order valence-corrected chi connectivity index (χ0v) is 9.77. The highest BCUT2D eigenvalue weighted by Gasteiger charge is 2.11. The third-order valence-electron chi connectivity index (χ3n) is 1.67. The largest absolute Gasteiger partial charge is 0.317 e. The smallest absolute Gasteiger partial charge is 0.214 e. The Labute approximate surface area is 77.9 Å². The van der Waals surface area contributed by atoms with Crippen LogP contribution in [0.3, 0.4) is 0 Å². The van der Waals surface area contributed by atoms with Gasteiger partial charge in [0.05, 0.1) is 0 Å². The van der Waals surface area contributed by atoms with Gasteiger partial charge in [0.1, 0.15) is 0 Å². The van der Waals surface area contributed by atoms with Crippen LogP contribution in [-0.4, -0.2) is 46.4 Å². The predicted octanol–water partition coefficient (Wildman–Crippen LogP) is 1.00. The maximum absolute atomic E-state index is 3.68. The minimum Gasteiger partial charge on any atom is -0.317 e. The molecule has 0 N–H and O–H groups in total. The summed E-state index contributed by atoms with van der Waals surface area (Å²) < 4.78 is 4.61. The standard InChI is InChI=1S/C9H20N2Si/c1-6-7-8-9-12(10(2)3)11(4)5/h6,8-9,12H,1,7H2,2-5H3. The lowest BCUT2D eigenvalue weighted by atomic mass is 10.4. The average molecular weight is 184 g/mol. The Morgan fingerprint density at radius 1 is 1.17 bits per heavy atom. The topological polar surface area (TPSA) is 6.48 Å². The highest BCUT2D eigenvalue weighted by molar-refractivity contribution is 6.58. The second-order valence-electron chi connectivity index (χ2n) is 3.29. The lowest BCUT2D eigenvalue weighted by molar-refractivity contribution is 0.530. The minimum absolute atomic E-state index is 0.974. The Bertz CT molecular complexity index is 145. The Hall–Kier alpha value is -0.383. The molecule has 0 rings (SSSR count). The van der Waals surface area contributed by atoms with E-state index < -0.39 is 9.12 Å². The summed E-state index contributed by atoms with van der Waals surface area (Å²) >= 11 is 0. The van der Waals surface area contributed by atoms with Crippen LogP contribution in [0.2, 0.25) is 0 Å². The van der Waals surface area contributed by atoms with Crippen LogP contribution in [0.15, 0.2) is 24.4 Å². The van der Waals surface area contributed by atoms with E-state index in [9.17, 15) is 0 Å². The van der Waals surface area contributed by atoms with Gasteiger partial charge in [-0.25, -0.2) is 0 Å². The van der Waals surface area contributed by atoms with Crippen molar-refractivity contribution < 1.29 is 0 Å². The summed E-state index contributed by atoms with van der Waals surface area (Å²) in [4.78, 5) is 0. The molecule has 0 saturated carbocycles. The van der Waals surface area contributed by atoms with Gasteiger partial charge in [-0.15, -0.1) is 6.58 Å². The zero-order chi connectivity index (χ0) is 9.56. The van der Waals surface area contributed by atoms with Gasteiger partial charge in [-0.2, -0.15) is 0 Å². The summed E-state index contributed by atoms with van der Waals surface area (Å²) in [6, 6.07) is 0. The Kier molecular flexibility index (Phi) is 5.97. The first-order valence-electron chi connectivity index (χ1n) is 4.20. The third-order valence-corrected chi connectivity index (χ3v) is 4.40. The van der Waals surface area contributed by atoms with Gasteiger partial charge in [0.15, 0.2) is 0 Å².